The molecule has 4 unspecified atom stereocenters. The largest absolute Gasteiger partial charge is 0.481 e. The molecule has 0 aromatic rings. The molecule has 15 heteroatoms. The number of carboxylic acid groups (broad SMARTS) is 4. The molecule has 0 saturated carbocycles. The first-order chi connectivity index (χ1) is 15.6. The van der Waals surface area contributed by atoms with Crippen molar-refractivity contribution in [3.05, 3.63) is 0 Å². The Labute approximate surface area is 194 Å². The number of carbonyl (C=O) groups excluding carboxylic acids is 3. The lowest BCUT2D eigenvalue weighted by Crippen LogP contribution is -2.58. The highest BCUT2D eigenvalue weighted by Gasteiger charge is 2.32. The second-order valence-electron chi connectivity index (χ2n) is 7.76. The molecule has 0 aliphatic heterocycles. The lowest BCUT2D eigenvalue weighted by Gasteiger charge is -2.25. The van der Waals surface area contributed by atoms with Crippen LogP contribution in [0.25, 0.3) is 0 Å². The van der Waals surface area contributed by atoms with Crippen molar-refractivity contribution in [1.82, 2.24) is 16.0 Å². The van der Waals surface area contributed by atoms with Gasteiger partial charge < -0.3 is 42.1 Å². The first kappa shape index (κ1) is 30.2. The lowest BCUT2D eigenvalue weighted by molar-refractivity contribution is -0.144. The average molecular weight is 490 g/mol. The average Bonchev–Trinajstić information content (AvgIpc) is 2.70. The first-order valence-corrected chi connectivity index (χ1v) is 10.2. The molecule has 4 atom stereocenters. The third-order valence-corrected chi connectivity index (χ3v) is 4.53. The number of aliphatic carboxylic acids is 4. The molecule has 0 aromatic carbocycles. The Morgan fingerprint density at radius 2 is 1.15 bits per heavy atom. The van der Waals surface area contributed by atoms with Crippen LogP contribution in [0.4, 0.5) is 0 Å². The van der Waals surface area contributed by atoms with Crippen LogP contribution in [-0.4, -0.2) is 86.2 Å². The fraction of sp³-hybridized carbons (Fsp3) is 0.632. The van der Waals surface area contributed by atoms with E-state index in [2.05, 4.69) is 16.0 Å². The van der Waals surface area contributed by atoms with Gasteiger partial charge in [0.2, 0.25) is 17.7 Å². The molecule has 0 fully saturated rings. The van der Waals surface area contributed by atoms with E-state index in [1.807, 2.05) is 0 Å². The maximum Gasteiger partial charge on any atom is 0.326 e. The van der Waals surface area contributed by atoms with Gasteiger partial charge in [0, 0.05) is 12.8 Å². The summed E-state index contributed by atoms with van der Waals surface area (Å²) in [6.45, 7) is 2.99. The summed E-state index contributed by atoms with van der Waals surface area (Å²) in [4.78, 5) is 81.4. The van der Waals surface area contributed by atoms with Crippen LogP contribution in [0.5, 0.6) is 0 Å². The fourth-order valence-electron chi connectivity index (χ4n) is 2.65. The molecule has 0 aliphatic rings. The van der Waals surface area contributed by atoms with Crippen LogP contribution in [0.2, 0.25) is 0 Å². The molecule has 0 aliphatic carbocycles. The summed E-state index contributed by atoms with van der Waals surface area (Å²) in [5, 5.41) is 42.2. The molecule has 15 nitrogen and oxygen atoms in total. The Balaban J connectivity index is 5.56. The zero-order valence-corrected chi connectivity index (χ0v) is 18.6. The topological polar surface area (TPSA) is 263 Å². The molecule has 0 saturated heterocycles. The van der Waals surface area contributed by atoms with Gasteiger partial charge in [-0.05, 0) is 18.8 Å². The van der Waals surface area contributed by atoms with Gasteiger partial charge in [0.05, 0.1) is 12.5 Å². The Kier molecular flexibility index (Phi) is 12.8. The smallest absolute Gasteiger partial charge is 0.326 e. The zero-order chi connectivity index (χ0) is 26.6. The number of amides is 3. The predicted octanol–water partition coefficient (Wildman–Crippen LogP) is -2.29. The SMILES string of the molecule is CC(C)C(NC(=O)C(CC(=O)O)NC(=O)C(CCC(=O)O)NC(=O)C(N)CCC(=O)O)C(=O)O. The molecule has 192 valence electrons. The second-order valence-corrected chi connectivity index (χ2v) is 7.76. The van der Waals surface area contributed by atoms with Crippen LogP contribution >= 0.6 is 0 Å². The van der Waals surface area contributed by atoms with Crippen molar-refractivity contribution in [2.24, 2.45) is 11.7 Å². The predicted molar refractivity (Wildman–Crippen MR) is 112 cm³/mol. The van der Waals surface area contributed by atoms with Gasteiger partial charge >= 0.3 is 23.9 Å². The molecule has 0 aromatic heterocycles. The van der Waals surface area contributed by atoms with Crippen molar-refractivity contribution in [1.29, 1.82) is 0 Å². The molecule has 0 rings (SSSR count). The minimum Gasteiger partial charge on any atom is -0.481 e. The van der Waals surface area contributed by atoms with Crippen LogP contribution in [0.15, 0.2) is 0 Å². The fourth-order valence-corrected chi connectivity index (χ4v) is 2.65. The van der Waals surface area contributed by atoms with E-state index < -0.39 is 97.4 Å². The molecule has 0 bridgehead atoms. The number of rotatable bonds is 16. The summed E-state index contributed by atoms with van der Waals surface area (Å²) in [5.41, 5.74) is 5.58. The van der Waals surface area contributed by atoms with E-state index in [9.17, 15) is 38.7 Å². The van der Waals surface area contributed by atoms with Crippen molar-refractivity contribution < 1.29 is 54.0 Å². The van der Waals surface area contributed by atoms with Gasteiger partial charge in [0.15, 0.2) is 0 Å². The maximum absolute atomic E-state index is 12.7. The molecular weight excluding hydrogens is 460 g/mol. The molecular formula is C19H30N4O11. The highest BCUT2D eigenvalue weighted by molar-refractivity contribution is 5.95. The van der Waals surface area contributed by atoms with Crippen molar-refractivity contribution >= 4 is 41.6 Å². The van der Waals surface area contributed by atoms with Crippen molar-refractivity contribution in [2.45, 2.75) is 70.1 Å². The van der Waals surface area contributed by atoms with Gasteiger partial charge in [-0.1, -0.05) is 13.8 Å². The Hall–Kier alpha value is -3.75. The monoisotopic (exact) mass is 490 g/mol. The van der Waals surface area contributed by atoms with Gasteiger partial charge in [-0.2, -0.15) is 0 Å². The number of nitrogens with two attached hydrogens (primary N) is 1. The number of nitrogens with one attached hydrogen (secondary N) is 3. The van der Waals surface area contributed by atoms with E-state index in [1.54, 1.807) is 0 Å². The Morgan fingerprint density at radius 1 is 0.676 bits per heavy atom. The summed E-state index contributed by atoms with van der Waals surface area (Å²) < 4.78 is 0. The Bertz CT molecular complexity index is 799. The van der Waals surface area contributed by atoms with Crippen molar-refractivity contribution in [3.63, 3.8) is 0 Å². The van der Waals surface area contributed by atoms with Crippen LogP contribution in [0, 0.1) is 5.92 Å². The van der Waals surface area contributed by atoms with Gasteiger partial charge in [-0.15, -0.1) is 0 Å². The van der Waals surface area contributed by atoms with Gasteiger partial charge in [-0.25, -0.2) is 4.79 Å². The zero-order valence-electron chi connectivity index (χ0n) is 18.6. The van der Waals surface area contributed by atoms with E-state index in [1.165, 1.54) is 13.8 Å². The van der Waals surface area contributed by atoms with Gasteiger partial charge in [-0.3, -0.25) is 28.8 Å². The number of hydrogen-bond acceptors (Lipinski definition) is 8. The summed E-state index contributed by atoms with van der Waals surface area (Å²) >= 11 is 0. The molecule has 0 heterocycles. The van der Waals surface area contributed by atoms with Crippen molar-refractivity contribution in [2.75, 3.05) is 0 Å². The molecule has 3 amide bonds. The van der Waals surface area contributed by atoms with E-state index in [4.69, 9.17) is 21.1 Å². The quantitative estimate of drug-likeness (QED) is 0.114. The van der Waals surface area contributed by atoms with E-state index in [-0.39, 0.29) is 6.42 Å². The summed E-state index contributed by atoms with van der Waals surface area (Å²) in [5.74, 6) is -9.18. The third kappa shape index (κ3) is 11.8. The van der Waals surface area contributed by atoms with Crippen molar-refractivity contribution in [3.8, 4) is 0 Å². The number of carboxylic acids is 4. The number of carbonyl (C=O) groups is 7. The molecule has 34 heavy (non-hydrogen) atoms. The summed E-state index contributed by atoms with van der Waals surface area (Å²) in [7, 11) is 0. The molecule has 9 N–H and O–H groups in total. The van der Waals surface area contributed by atoms with Crippen LogP contribution in [-0.2, 0) is 33.6 Å². The van der Waals surface area contributed by atoms with Crippen LogP contribution < -0.4 is 21.7 Å². The standard InChI is InChI=1S/C19H30N4O11/c1-8(2)15(19(33)34)23-18(32)11(7-14(28)29)22-17(31)10(4-6-13(26)27)21-16(30)9(20)3-5-12(24)25/h8-11,15H,3-7,20H2,1-2H3,(H,21,30)(H,22,31)(H,23,32)(H,24,25)(H,26,27)(H,28,29)(H,33,34). The van der Waals surface area contributed by atoms with E-state index in [0.29, 0.717) is 0 Å². The van der Waals surface area contributed by atoms with Crippen LogP contribution in [0.3, 0.4) is 0 Å². The van der Waals surface area contributed by atoms with E-state index >= 15 is 0 Å². The minimum absolute atomic E-state index is 0.274. The van der Waals surface area contributed by atoms with Gasteiger partial charge in [0.25, 0.3) is 0 Å². The first-order valence-electron chi connectivity index (χ1n) is 10.2. The highest BCUT2D eigenvalue weighted by atomic mass is 16.4. The summed E-state index contributed by atoms with van der Waals surface area (Å²) in [6, 6.07) is -6.01. The number of hydrogen-bond donors (Lipinski definition) is 8. The molecule has 0 spiro atoms. The third-order valence-electron chi connectivity index (χ3n) is 4.53. The second kappa shape index (κ2) is 14.4. The molecule has 0 radical (unpaired) electrons. The van der Waals surface area contributed by atoms with E-state index in [0.717, 1.165) is 0 Å². The maximum atomic E-state index is 12.7. The van der Waals surface area contributed by atoms with Gasteiger partial charge in [0.1, 0.15) is 18.1 Å². The minimum atomic E-state index is -1.74. The highest BCUT2D eigenvalue weighted by Crippen LogP contribution is 2.06. The summed E-state index contributed by atoms with van der Waals surface area (Å²) in [6.07, 6.45) is -2.69. The van der Waals surface area contributed by atoms with Crippen LogP contribution in [0.1, 0.15) is 46.0 Å². The Morgan fingerprint density at radius 3 is 1.59 bits per heavy atom. The normalized spacial score (nSPS) is 14.2. The lowest BCUT2D eigenvalue weighted by atomic mass is 10.0.